The number of aromatic amines is 1. The SMILES string of the molecule is Nc1ccc(C(=O)O)c2[nH]c(-c3ccccc3)cc12. The van der Waals surface area contributed by atoms with Gasteiger partial charge in [0.15, 0.2) is 0 Å². The first-order valence-electron chi connectivity index (χ1n) is 5.87. The summed E-state index contributed by atoms with van der Waals surface area (Å²) in [6.45, 7) is 0. The van der Waals surface area contributed by atoms with Gasteiger partial charge in [0.1, 0.15) is 0 Å². The van der Waals surface area contributed by atoms with Crippen LogP contribution in [0, 0.1) is 0 Å². The zero-order chi connectivity index (χ0) is 13.4. The van der Waals surface area contributed by atoms with Gasteiger partial charge in [0.2, 0.25) is 0 Å². The van der Waals surface area contributed by atoms with E-state index in [2.05, 4.69) is 4.98 Å². The maximum atomic E-state index is 11.2. The fourth-order valence-electron chi connectivity index (χ4n) is 2.19. The average Bonchev–Trinajstić information content (AvgIpc) is 2.85. The number of H-pyrrole nitrogens is 1. The van der Waals surface area contributed by atoms with Gasteiger partial charge in [0.05, 0.1) is 11.1 Å². The first kappa shape index (κ1) is 11.3. The molecule has 4 nitrogen and oxygen atoms in total. The van der Waals surface area contributed by atoms with E-state index in [1.54, 1.807) is 6.07 Å². The van der Waals surface area contributed by atoms with Crippen LogP contribution in [0.1, 0.15) is 10.4 Å². The Labute approximate surface area is 109 Å². The predicted octanol–water partition coefficient (Wildman–Crippen LogP) is 3.12. The molecule has 0 spiro atoms. The van der Waals surface area contributed by atoms with Gasteiger partial charge in [-0.2, -0.15) is 0 Å². The molecule has 0 aliphatic carbocycles. The summed E-state index contributed by atoms with van der Waals surface area (Å²) in [6, 6.07) is 14.7. The third kappa shape index (κ3) is 1.83. The van der Waals surface area contributed by atoms with Crippen molar-refractivity contribution in [1.29, 1.82) is 0 Å². The Kier molecular flexibility index (Phi) is 2.49. The third-order valence-corrected chi connectivity index (χ3v) is 3.14. The van der Waals surface area contributed by atoms with Crippen molar-refractivity contribution in [2.45, 2.75) is 0 Å². The molecule has 0 radical (unpaired) electrons. The molecule has 0 amide bonds. The lowest BCUT2D eigenvalue weighted by Gasteiger charge is -1.99. The molecular formula is C15H12N2O2. The number of carboxylic acids is 1. The maximum absolute atomic E-state index is 11.2. The van der Waals surface area contributed by atoms with Crippen molar-refractivity contribution in [3.05, 3.63) is 54.1 Å². The van der Waals surface area contributed by atoms with Gasteiger partial charge >= 0.3 is 5.97 Å². The van der Waals surface area contributed by atoms with E-state index >= 15 is 0 Å². The minimum absolute atomic E-state index is 0.228. The summed E-state index contributed by atoms with van der Waals surface area (Å²) in [6.07, 6.45) is 0. The first-order valence-corrected chi connectivity index (χ1v) is 5.87. The van der Waals surface area contributed by atoms with Crippen LogP contribution in [0.4, 0.5) is 5.69 Å². The molecule has 0 atom stereocenters. The number of nitrogen functional groups attached to an aromatic ring is 1. The van der Waals surface area contributed by atoms with Gasteiger partial charge in [-0.15, -0.1) is 0 Å². The van der Waals surface area contributed by atoms with Crippen LogP contribution in [-0.2, 0) is 0 Å². The molecule has 2 aromatic carbocycles. The summed E-state index contributed by atoms with van der Waals surface area (Å²) in [7, 11) is 0. The second-order valence-electron chi connectivity index (χ2n) is 4.35. The Balaban J connectivity index is 2.29. The molecular weight excluding hydrogens is 240 g/mol. The second-order valence-corrected chi connectivity index (χ2v) is 4.35. The molecule has 0 aliphatic rings. The van der Waals surface area contributed by atoms with Crippen molar-refractivity contribution in [3.63, 3.8) is 0 Å². The van der Waals surface area contributed by atoms with Crippen molar-refractivity contribution < 1.29 is 9.90 Å². The fraction of sp³-hybridized carbons (Fsp3) is 0. The van der Waals surface area contributed by atoms with Crippen LogP contribution in [-0.4, -0.2) is 16.1 Å². The van der Waals surface area contributed by atoms with Gasteiger partial charge in [-0.1, -0.05) is 30.3 Å². The highest BCUT2D eigenvalue weighted by Gasteiger charge is 2.13. The van der Waals surface area contributed by atoms with E-state index in [9.17, 15) is 9.90 Å². The summed E-state index contributed by atoms with van der Waals surface area (Å²) < 4.78 is 0. The molecule has 0 aliphatic heterocycles. The van der Waals surface area contributed by atoms with Gasteiger partial charge in [0, 0.05) is 16.8 Å². The molecule has 19 heavy (non-hydrogen) atoms. The number of benzene rings is 2. The van der Waals surface area contributed by atoms with Gasteiger partial charge in [0.25, 0.3) is 0 Å². The molecule has 1 heterocycles. The van der Waals surface area contributed by atoms with Crippen molar-refractivity contribution in [2.24, 2.45) is 0 Å². The Morgan fingerprint density at radius 2 is 1.84 bits per heavy atom. The average molecular weight is 252 g/mol. The fourth-order valence-corrected chi connectivity index (χ4v) is 2.19. The number of aromatic carboxylic acids is 1. The van der Waals surface area contributed by atoms with Crippen LogP contribution in [0.25, 0.3) is 22.2 Å². The van der Waals surface area contributed by atoms with Crippen molar-refractivity contribution in [3.8, 4) is 11.3 Å². The number of aromatic nitrogens is 1. The molecule has 0 unspecified atom stereocenters. The standard InChI is InChI=1S/C15H12N2O2/c16-12-7-6-10(15(18)19)14-11(12)8-13(17-14)9-4-2-1-3-5-9/h1-8,17H,16H2,(H,18,19). The molecule has 1 aromatic heterocycles. The second kappa shape index (κ2) is 4.17. The maximum Gasteiger partial charge on any atom is 0.337 e. The Morgan fingerprint density at radius 3 is 2.53 bits per heavy atom. The Morgan fingerprint density at radius 1 is 1.11 bits per heavy atom. The van der Waals surface area contributed by atoms with E-state index in [0.29, 0.717) is 11.2 Å². The van der Waals surface area contributed by atoms with Crippen LogP contribution in [0.2, 0.25) is 0 Å². The number of anilines is 1. The molecule has 0 saturated heterocycles. The van der Waals surface area contributed by atoms with E-state index in [4.69, 9.17) is 5.73 Å². The predicted molar refractivity (Wildman–Crippen MR) is 75.1 cm³/mol. The number of rotatable bonds is 2. The van der Waals surface area contributed by atoms with E-state index in [1.165, 1.54) is 6.07 Å². The van der Waals surface area contributed by atoms with Gasteiger partial charge in [-0.25, -0.2) is 4.79 Å². The number of carbonyl (C=O) groups is 1. The lowest BCUT2D eigenvalue weighted by atomic mass is 10.1. The Hall–Kier alpha value is -2.75. The number of nitrogens with two attached hydrogens (primary N) is 1. The third-order valence-electron chi connectivity index (χ3n) is 3.14. The van der Waals surface area contributed by atoms with E-state index in [-0.39, 0.29) is 5.56 Å². The molecule has 4 heteroatoms. The number of hydrogen-bond donors (Lipinski definition) is 3. The van der Waals surface area contributed by atoms with E-state index in [0.717, 1.165) is 16.6 Å². The summed E-state index contributed by atoms with van der Waals surface area (Å²) in [5, 5.41) is 9.93. The highest BCUT2D eigenvalue weighted by atomic mass is 16.4. The largest absolute Gasteiger partial charge is 0.478 e. The van der Waals surface area contributed by atoms with Crippen LogP contribution in [0.3, 0.4) is 0 Å². The number of nitrogens with one attached hydrogen (secondary N) is 1. The molecule has 94 valence electrons. The summed E-state index contributed by atoms with van der Waals surface area (Å²) in [5.41, 5.74) is 9.11. The normalized spacial score (nSPS) is 10.7. The van der Waals surface area contributed by atoms with Crippen LogP contribution < -0.4 is 5.73 Å². The lowest BCUT2D eigenvalue weighted by Crippen LogP contribution is -1.98. The van der Waals surface area contributed by atoms with Gasteiger partial charge in [-0.3, -0.25) is 0 Å². The minimum Gasteiger partial charge on any atom is -0.478 e. The van der Waals surface area contributed by atoms with Gasteiger partial charge < -0.3 is 15.8 Å². The zero-order valence-corrected chi connectivity index (χ0v) is 10.1. The lowest BCUT2D eigenvalue weighted by molar-refractivity contribution is 0.0699. The van der Waals surface area contributed by atoms with Crippen LogP contribution in [0.5, 0.6) is 0 Å². The highest BCUT2D eigenvalue weighted by Crippen LogP contribution is 2.30. The van der Waals surface area contributed by atoms with Gasteiger partial charge in [-0.05, 0) is 23.8 Å². The molecule has 3 rings (SSSR count). The summed E-state index contributed by atoms with van der Waals surface area (Å²) in [4.78, 5) is 14.4. The quantitative estimate of drug-likeness (QED) is 0.613. The topological polar surface area (TPSA) is 79.1 Å². The van der Waals surface area contributed by atoms with Crippen molar-refractivity contribution >= 4 is 22.6 Å². The number of carboxylic acid groups (broad SMARTS) is 1. The summed E-state index contributed by atoms with van der Waals surface area (Å²) in [5.74, 6) is -0.966. The molecule has 0 saturated carbocycles. The Bertz CT molecular complexity index is 760. The minimum atomic E-state index is -0.966. The number of hydrogen-bond acceptors (Lipinski definition) is 2. The van der Waals surface area contributed by atoms with Crippen LogP contribution >= 0.6 is 0 Å². The molecule has 4 N–H and O–H groups in total. The van der Waals surface area contributed by atoms with E-state index in [1.807, 2.05) is 36.4 Å². The highest BCUT2D eigenvalue weighted by molar-refractivity contribution is 6.07. The zero-order valence-electron chi connectivity index (χ0n) is 10.1. The number of fused-ring (bicyclic) bond motifs is 1. The van der Waals surface area contributed by atoms with E-state index < -0.39 is 5.97 Å². The van der Waals surface area contributed by atoms with Crippen LogP contribution in [0.15, 0.2) is 48.5 Å². The smallest absolute Gasteiger partial charge is 0.337 e. The molecule has 0 bridgehead atoms. The van der Waals surface area contributed by atoms with Crippen molar-refractivity contribution in [2.75, 3.05) is 5.73 Å². The first-order chi connectivity index (χ1) is 9.16. The molecule has 3 aromatic rings. The summed E-state index contributed by atoms with van der Waals surface area (Å²) >= 11 is 0. The van der Waals surface area contributed by atoms with Crippen molar-refractivity contribution in [1.82, 2.24) is 4.98 Å². The molecule has 0 fully saturated rings. The monoisotopic (exact) mass is 252 g/mol.